The molecular formula is C68H125NO10. The van der Waals surface area contributed by atoms with Crippen LogP contribution in [0.5, 0.6) is 0 Å². The Balaban J connectivity index is 2.61. The molecule has 462 valence electrons. The molecule has 1 rings (SSSR count). The monoisotopic (exact) mass is 1120 g/mol. The maximum atomic E-state index is 13.4. The van der Waals surface area contributed by atoms with E-state index in [0.717, 1.165) is 83.5 Å². The number of hydrogen-bond acceptors (Lipinski definition) is 10. The second-order valence-corrected chi connectivity index (χ2v) is 23.2. The quantitative estimate of drug-likeness (QED) is 0.0195. The third kappa shape index (κ3) is 43.9. The van der Waals surface area contributed by atoms with E-state index >= 15 is 0 Å². The van der Waals surface area contributed by atoms with Gasteiger partial charge in [-0.05, 0) is 64.2 Å². The molecule has 1 amide bonds. The Bertz CT molecular complexity index is 1470. The summed E-state index contributed by atoms with van der Waals surface area (Å²) >= 11 is 0. The second-order valence-electron chi connectivity index (χ2n) is 23.2. The summed E-state index contributed by atoms with van der Waals surface area (Å²) < 4.78 is 17.7. The van der Waals surface area contributed by atoms with E-state index in [1.165, 1.54) is 180 Å². The molecule has 1 fully saturated rings. The fourth-order valence-electron chi connectivity index (χ4n) is 10.4. The minimum Gasteiger partial charge on any atom is -0.454 e. The molecule has 1 aliphatic heterocycles. The van der Waals surface area contributed by atoms with E-state index in [1.54, 1.807) is 6.08 Å². The molecule has 0 aliphatic carbocycles. The van der Waals surface area contributed by atoms with Crippen LogP contribution < -0.4 is 5.32 Å². The van der Waals surface area contributed by atoms with Gasteiger partial charge in [0.1, 0.15) is 24.4 Å². The normalized spacial score (nSPS) is 19.1. The van der Waals surface area contributed by atoms with Crippen molar-refractivity contribution in [3.8, 4) is 0 Å². The number of amides is 1. The van der Waals surface area contributed by atoms with Crippen LogP contribution in [0.4, 0.5) is 0 Å². The molecule has 0 radical (unpaired) electrons. The molecule has 0 bridgehead atoms. The van der Waals surface area contributed by atoms with Gasteiger partial charge in [0.05, 0.1) is 25.4 Å². The van der Waals surface area contributed by atoms with Crippen LogP contribution in [0.25, 0.3) is 0 Å². The third-order valence-corrected chi connectivity index (χ3v) is 15.7. The molecule has 79 heavy (non-hydrogen) atoms. The van der Waals surface area contributed by atoms with E-state index in [-0.39, 0.29) is 13.0 Å². The Hall–Kier alpha value is -2.38. The van der Waals surface area contributed by atoms with Crippen molar-refractivity contribution in [3.63, 3.8) is 0 Å². The van der Waals surface area contributed by atoms with Crippen LogP contribution >= 0.6 is 0 Å². The van der Waals surface area contributed by atoms with Gasteiger partial charge >= 0.3 is 5.97 Å². The predicted molar refractivity (Wildman–Crippen MR) is 329 cm³/mol. The highest BCUT2D eigenvalue weighted by molar-refractivity contribution is 5.80. The first-order valence-electron chi connectivity index (χ1n) is 33.4. The van der Waals surface area contributed by atoms with E-state index in [9.17, 15) is 35.1 Å². The maximum Gasteiger partial charge on any atom is 0.306 e. The number of aliphatic hydroxyl groups excluding tert-OH is 5. The molecule has 0 aromatic carbocycles. The summed E-state index contributed by atoms with van der Waals surface area (Å²) in [5.74, 6) is -1.19. The van der Waals surface area contributed by atoms with Gasteiger partial charge < -0.3 is 45.1 Å². The van der Waals surface area contributed by atoms with Gasteiger partial charge in [-0.2, -0.15) is 0 Å². The van der Waals surface area contributed by atoms with E-state index in [4.69, 9.17) is 14.2 Å². The second kappa shape index (κ2) is 56.1. The number of hydrogen-bond donors (Lipinski definition) is 6. The molecule has 6 N–H and O–H groups in total. The predicted octanol–water partition coefficient (Wildman–Crippen LogP) is 16.4. The molecule has 8 atom stereocenters. The smallest absolute Gasteiger partial charge is 0.306 e. The largest absolute Gasteiger partial charge is 0.454 e. The molecule has 0 aromatic rings. The lowest BCUT2D eigenvalue weighted by atomic mass is 9.99. The minimum atomic E-state index is -1.62. The molecule has 1 saturated heterocycles. The minimum absolute atomic E-state index is 0.116. The van der Waals surface area contributed by atoms with Crippen molar-refractivity contribution < 1.29 is 49.3 Å². The SMILES string of the molecule is CCCCC/C=C\C/C=C\C/C=C\CCCCCCCCCCC(=O)OC1C(OCC(NC(=O)C(O)CCCCCCCCCCCCCCCCCCCC)C(O)/C=C/CCCCCCCCCCC)OC(CO)C(O)C1O. The van der Waals surface area contributed by atoms with Crippen molar-refractivity contribution in [3.05, 3.63) is 48.6 Å². The number of esters is 1. The van der Waals surface area contributed by atoms with Crippen molar-refractivity contribution in [2.75, 3.05) is 13.2 Å². The summed E-state index contributed by atoms with van der Waals surface area (Å²) in [6.45, 7) is 5.78. The van der Waals surface area contributed by atoms with Gasteiger partial charge in [0.2, 0.25) is 5.91 Å². The lowest BCUT2D eigenvalue weighted by molar-refractivity contribution is -0.305. The van der Waals surface area contributed by atoms with Crippen LogP contribution in [-0.2, 0) is 23.8 Å². The van der Waals surface area contributed by atoms with Gasteiger partial charge in [0, 0.05) is 6.42 Å². The first-order chi connectivity index (χ1) is 38.7. The number of rotatable bonds is 57. The molecule has 1 aliphatic rings. The van der Waals surface area contributed by atoms with Crippen LogP contribution in [0.1, 0.15) is 310 Å². The molecule has 11 heteroatoms. The number of carbonyl (C=O) groups is 2. The summed E-state index contributed by atoms with van der Waals surface area (Å²) in [5, 5.41) is 57.1. The van der Waals surface area contributed by atoms with Crippen molar-refractivity contribution >= 4 is 11.9 Å². The van der Waals surface area contributed by atoms with E-state index in [0.29, 0.717) is 19.3 Å². The molecule has 11 nitrogen and oxygen atoms in total. The first kappa shape index (κ1) is 74.6. The van der Waals surface area contributed by atoms with Gasteiger partial charge in [0.15, 0.2) is 12.4 Å². The zero-order chi connectivity index (χ0) is 57.5. The molecule has 1 heterocycles. The zero-order valence-corrected chi connectivity index (χ0v) is 51.2. The maximum absolute atomic E-state index is 13.4. The average Bonchev–Trinajstić information content (AvgIpc) is 3.47. The van der Waals surface area contributed by atoms with E-state index in [2.05, 4.69) is 62.5 Å². The number of allylic oxidation sites excluding steroid dienone is 7. The van der Waals surface area contributed by atoms with Crippen molar-refractivity contribution in [2.45, 2.75) is 359 Å². The van der Waals surface area contributed by atoms with E-state index in [1.807, 2.05) is 6.08 Å². The van der Waals surface area contributed by atoms with Gasteiger partial charge in [-0.3, -0.25) is 9.59 Å². The lowest BCUT2D eigenvalue weighted by Crippen LogP contribution is -2.61. The van der Waals surface area contributed by atoms with Crippen LogP contribution in [0, 0.1) is 0 Å². The van der Waals surface area contributed by atoms with Crippen molar-refractivity contribution in [1.29, 1.82) is 0 Å². The van der Waals surface area contributed by atoms with Crippen LogP contribution in [0.2, 0.25) is 0 Å². The summed E-state index contributed by atoms with van der Waals surface area (Å²) in [6, 6.07) is -1.02. The highest BCUT2D eigenvalue weighted by Crippen LogP contribution is 2.26. The fourth-order valence-corrected chi connectivity index (χ4v) is 10.4. The lowest BCUT2D eigenvalue weighted by Gasteiger charge is -2.41. The Morgan fingerprint density at radius 3 is 1.33 bits per heavy atom. The van der Waals surface area contributed by atoms with Crippen LogP contribution in [0.15, 0.2) is 48.6 Å². The number of carbonyl (C=O) groups excluding carboxylic acids is 2. The van der Waals surface area contributed by atoms with Crippen molar-refractivity contribution in [1.82, 2.24) is 5.32 Å². The van der Waals surface area contributed by atoms with Gasteiger partial charge in [-0.15, -0.1) is 0 Å². The Morgan fingerprint density at radius 2 is 0.873 bits per heavy atom. The topological polar surface area (TPSA) is 175 Å². The highest BCUT2D eigenvalue weighted by atomic mass is 16.7. The van der Waals surface area contributed by atoms with Crippen LogP contribution in [-0.4, -0.2) is 99.6 Å². The number of nitrogens with one attached hydrogen (secondary N) is 1. The number of ether oxygens (including phenoxy) is 3. The summed E-state index contributed by atoms with van der Waals surface area (Å²) in [7, 11) is 0. The number of unbranched alkanes of at least 4 members (excludes halogenated alkanes) is 37. The summed E-state index contributed by atoms with van der Waals surface area (Å²) in [6.07, 6.45) is 58.6. The van der Waals surface area contributed by atoms with Crippen LogP contribution in [0.3, 0.4) is 0 Å². The summed E-state index contributed by atoms with van der Waals surface area (Å²) in [4.78, 5) is 26.6. The zero-order valence-electron chi connectivity index (χ0n) is 51.2. The highest BCUT2D eigenvalue weighted by Gasteiger charge is 2.47. The Labute approximate surface area is 485 Å². The Morgan fingerprint density at radius 1 is 0.494 bits per heavy atom. The molecule has 0 aromatic heterocycles. The molecule has 8 unspecified atom stereocenters. The van der Waals surface area contributed by atoms with Gasteiger partial charge in [-0.1, -0.05) is 288 Å². The summed E-state index contributed by atoms with van der Waals surface area (Å²) in [5.41, 5.74) is 0. The fraction of sp³-hybridized carbons (Fsp3) is 0.853. The average molecular weight is 1120 g/mol. The molecular weight excluding hydrogens is 991 g/mol. The van der Waals surface area contributed by atoms with Crippen molar-refractivity contribution in [2.24, 2.45) is 0 Å². The first-order valence-corrected chi connectivity index (χ1v) is 33.4. The van der Waals surface area contributed by atoms with Gasteiger partial charge in [0.25, 0.3) is 0 Å². The van der Waals surface area contributed by atoms with Gasteiger partial charge in [-0.25, -0.2) is 0 Å². The Kier molecular flexibility index (Phi) is 53.0. The number of aliphatic hydroxyl groups is 5. The third-order valence-electron chi connectivity index (χ3n) is 15.7. The molecule has 0 saturated carbocycles. The standard InChI is InChI=1S/C68H125NO10/c1-4-7-10-13-16-19-22-24-26-28-30-31-32-34-36-38-41-44-47-50-53-56-63(73)79-66-65(75)64(74)62(57-70)78-68(66)77-58-59(60(71)54-51-48-45-42-39-21-18-15-12-9-6-3)69-67(76)61(72)55-52-49-46-43-40-37-35-33-29-27-25-23-20-17-14-11-8-5-2/h16,19,24,26,30-31,51,54,59-62,64-66,68,70-72,74-75H,4-15,17-18,20-23,25,27-29,32-50,52-53,55-58H2,1-3H3,(H,69,76)/b19-16-,26-24-,31-30-,54-51+. The molecule has 0 spiro atoms. The van der Waals surface area contributed by atoms with E-state index < -0.39 is 67.4 Å².